The van der Waals surface area contributed by atoms with Crippen LogP contribution in [0, 0.1) is 1.93 Å². The number of rotatable bonds is 5. The second-order valence-corrected chi connectivity index (χ2v) is 12.4. The van der Waals surface area contributed by atoms with Gasteiger partial charge in [-0.3, -0.25) is 0 Å². The molecular weight excluding hydrogens is 592 g/mol. The molecule has 0 fully saturated rings. The molecule has 0 aromatic carbocycles. The lowest BCUT2D eigenvalue weighted by molar-refractivity contribution is 0.678. The largest absolute Gasteiger partial charge is 0.122 e. The van der Waals surface area contributed by atoms with Crippen LogP contribution in [-0.2, 0) is 0 Å². The van der Waals surface area contributed by atoms with Crippen molar-refractivity contribution >= 4 is 90.4 Å². The van der Waals surface area contributed by atoms with Crippen molar-refractivity contribution in [2.24, 2.45) is 0 Å². The highest BCUT2D eigenvalue weighted by Gasteiger charge is 2.29. The van der Waals surface area contributed by atoms with Gasteiger partial charge in [0.05, 0.1) is 1.43 Å². The summed E-state index contributed by atoms with van der Waals surface area (Å²) >= 11 is 9.93. The van der Waals surface area contributed by atoms with Crippen molar-refractivity contribution in [3.8, 4) is 0 Å². The van der Waals surface area contributed by atoms with E-state index < -0.39 is 0 Å². The van der Waals surface area contributed by atoms with Gasteiger partial charge in [-0.15, -0.1) is 0 Å². The molecule has 0 atom stereocenters. The van der Waals surface area contributed by atoms with E-state index in [0.717, 1.165) is 0 Å². The van der Waals surface area contributed by atoms with Crippen LogP contribution in [0.15, 0.2) is 0 Å². The first-order valence-corrected chi connectivity index (χ1v) is 7.88. The van der Waals surface area contributed by atoms with E-state index in [-0.39, 0.29) is 0 Å². The minimum absolute atomic E-state index is 0.381. The van der Waals surface area contributed by atoms with Crippen molar-refractivity contribution in [2.75, 3.05) is 0 Å². The van der Waals surface area contributed by atoms with Crippen LogP contribution in [0.3, 0.4) is 0 Å². The Kier molecular flexibility index (Phi) is 9.17. The molecule has 4 heteroatoms. The molecule has 1 radical (unpaired) electrons. The van der Waals surface area contributed by atoms with Crippen molar-refractivity contribution < 1.29 is 0 Å². The van der Waals surface area contributed by atoms with Gasteiger partial charge in [0, 0.05) is 0 Å². The number of unbranched alkanes of at least 4 members (excludes halogenated alkanes) is 2. The van der Waals surface area contributed by atoms with E-state index in [1.807, 2.05) is 0 Å². The molecule has 0 aromatic rings. The SMILES string of the molecule is CCCCCC(I)(I)[C](I)I. The third kappa shape index (κ3) is 6.92. The van der Waals surface area contributed by atoms with Crippen LogP contribution in [0.1, 0.15) is 32.6 Å². The zero-order valence-corrected chi connectivity index (χ0v) is 15.0. The molecule has 0 aliphatic rings. The molecule has 0 unspecified atom stereocenters. The third-order valence-electron chi connectivity index (χ3n) is 1.37. The minimum atomic E-state index is 0.381. The third-order valence-corrected chi connectivity index (χ3v) is 9.50. The molecule has 0 aliphatic carbocycles. The van der Waals surface area contributed by atoms with Crippen molar-refractivity contribution in [1.82, 2.24) is 0 Å². The lowest BCUT2D eigenvalue weighted by Crippen LogP contribution is -2.12. The van der Waals surface area contributed by atoms with Crippen LogP contribution in [0.2, 0.25) is 0 Å². The second-order valence-electron chi connectivity index (χ2n) is 2.42. The van der Waals surface area contributed by atoms with Gasteiger partial charge in [0.15, 0.2) is 0 Å². The summed E-state index contributed by atoms with van der Waals surface area (Å²) in [5.41, 5.74) is 0. The molecule has 0 nitrogen and oxygen atoms in total. The molecule has 0 saturated carbocycles. The predicted molar refractivity (Wildman–Crippen MR) is 86.2 cm³/mol. The molecule has 0 saturated heterocycles. The Hall–Kier alpha value is 2.92. The maximum Gasteiger partial charge on any atom is 0.122 e. The highest BCUT2D eigenvalue weighted by atomic mass is 127. The quantitative estimate of drug-likeness (QED) is 0.222. The Balaban J connectivity index is 3.55. The van der Waals surface area contributed by atoms with E-state index in [1.54, 1.807) is 0 Å². The Morgan fingerprint density at radius 2 is 1.73 bits per heavy atom. The fourth-order valence-electron chi connectivity index (χ4n) is 0.692. The van der Waals surface area contributed by atoms with Crippen molar-refractivity contribution in [1.29, 1.82) is 0 Å². The van der Waals surface area contributed by atoms with Gasteiger partial charge in [-0.05, 0) is 6.42 Å². The molecule has 0 N–H and O–H groups in total. The van der Waals surface area contributed by atoms with Crippen molar-refractivity contribution in [2.45, 2.75) is 34.0 Å². The Labute approximate surface area is 124 Å². The van der Waals surface area contributed by atoms with Gasteiger partial charge in [-0.1, -0.05) is 117 Å². The molecule has 0 aromatic heterocycles. The first-order valence-electron chi connectivity index (χ1n) is 3.57. The van der Waals surface area contributed by atoms with E-state index in [9.17, 15) is 0 Å². The molecule has 0 heterocycles. The molecule has 0 amide bonds. The number of hydrogen-bond donors (Lipinski definition) is 0. The first-order chi connectivity index (χ1) is 5.00. The first kappa shape index (κ1) is 13.9. The fourth-order valence-corrected chi connectivity index (χ4v) is 1.99. The summed E-state index contributed by atoms with van der Waals surface area (Å²) in [5.74, 6) is 0. The summed E-state index contributed by atoms with van der Waals surface area (Å²) < 4.78 is 1.86. The van der Waals surface area contributed by atoms with Gasteiger partial charge in [0.1, 0.15) is 1.93 Å². The predicted octanol–water partition coefficient (Wildman–Crippen LogP) is 5.49. The summed E-state index contributed by atoms with van der Waals surface area (Å²) in [6, 6.07) is 0. The smallest absolute Gasteiger partial charge is 0.0654 e. The van der Waals surface area contributed by atoms with E-state index >= 15 is 0 Å². The maximum atomic E-state index is 2.54. The molecule has 67 valence electrons. The lowest BCUT2D eigenvalue weighted by Gasteiger charge is -2.21. The van der Waals surface area contributed by atoms with E-state index in [1.165, 1.54) is 27.6 Å². The van der Waals surface area contributed by atoms with Gasteiger partial charge in [-0.25, -0.2) is 0 Å². The van der Waals surface area contributed by atoms with E-state index in [4.69, 9.17) is 0 Å². The van der Waals surface area contributed by atoms with Crippen molar-refractivity contribution in [3.63, 3.8) is 0 Å². The Bertz CT molecular complexity index is 101. The fraction of sp³-hybridized carbons (Fsp3) is 0.857. The van der Waals surface area contributed by atoms with Crippen LogP contribution >= 0.6 is 90.4 Å². The maximum absolute atomic E-state index is 2.54. The topological polar surface area (TPSA) is 0 Å². The zero-order valence-electron chi connectivity index (χ0n) is 6.34. The van der Waals surface area contributed by atoms with Crippen LogP contribution in [-0.4, -0.2) is 1.43 Å². The molecule has 0 spiro atoms. The molecule has 0 rings (SSSR count). The second kappa shape index (κ2) is 7.24. The molecule has 0 bridgehead atoms. The Morgan fingerprint density at radius 3 is 2.09 bits per heavy atom. The molecule has 11 heavy (non-hydrogen) atoms. The van der Waals surface area contributed by atoms with Crippen LogP contribution in [0.5, 0.6) is 0 Å². The van der Waals surface area contributed by atoms with Gasteiger partial charge in [0.2, 0.25) is 0 Å². The zero-order chi connectivity index (χ0) is 8.91. The van der Waals surface area contributed by atoms with E-state index in [2.05, 4.69) is 97.3 Å². The Morgan fingerprint density at radius 1 is 1.18 bits per heavy atom. The number of alkyl halides is 2. The summed E-state index contributed by atoms with van der Waals surface area (Å²) in [7, 11) is 0. The number of hydrogen-bond acceptors (Lipinski definition) is 0. The highest BCUT2D eigenvalue weighted by Crippen LogP contribution is 2.49. The monoisotopic (exact) mass is 603 g/mol. The number of halogens is 4. The van der Waals surface area contributed by atoms with Crippen molar-refractivity contribution in [3.05, 3.63) is 1.93 Å². The summed E-state index contributed by atoms with van der Waals surface area (Å²) in [4.78, 5) is 0. The van der Waals surface area contributed by atoms with Gasteiger partial charge < -0.3 is 0 Å². The van der Waals surface area contributed by atoms with Crippen LogP contribution in [0.4, 0.5) is 0 Å². The average molecular weight is 603 g/mol. The summed E-state index contributed by atoms with van der Waals surface area (Å²) in [6.07, 6.45) is 5.36. The van der Waals surface area contributed by atoms with Gasteiger partial charge in [0.25, 0.3) is 0 Å². The van der Waals surface area contributed by atoms with Gasteiger partial charge in [-0.2, -0.15) is 0 Å². The van der Waals surface area contributed by atoms with Crippen LogP contribution < -0.4 is 0 Å². The van der Waals surface area contributed by atoms with E-state index in [0.29, 0.717) is 1.43 Å². The van der Waals surface area contributed by atoms with Gasteiger partial charge >= 0.3 is 0 Å². The lowest BCUT2D eigenvalue weighted by atomic mass is 10.2. The molecule has 0 aliphatic heterocycles. The molecular formula is C7H11I4. The average Bonchev–Trinajstić information content (AvgIpc) is 1.88. The summed E-state index contributed by atoms with van der Waals surface area (Å²) in [6.45, 7) is 2.25. The van der Waals surface area contributed by atoms with Crippen LogP contribution in [0.25, 0.3) is 0 Å². The normalized spacial score (nSPS) is 12.5. The highest BCUT2D eigenvalue weighted by molar-refractivity contribution is 14.2. The standard InChI is InChI=1S/C7H11I4/c1-2-3-4-5-7(10,11)6(8)9/h2-5H2,1H3. The summed E-state index contributed by atoms with van der Waals surface area (Å²) in [5, 5.41) is 0. The minimum Gasteiger partial charge on any atom is -0.0654 e.